The van der Waals surface area contributed by atoms with Crippen LogP contribution >= 0.6 is 0 Å². The maximum Gasteiger partial charge on any atom is 0.254 e. The summed E-state index contributed by atoms with van der Waals surface area (Å²) in [5.41, 5.74) is 2.22. The number of nitrogens with one attached hydrogen (secondary N) is 1. The Balaban J connectivity index is 1.56. The molecule has 0 aliphatic rings. The molecule has 1 atom stereocenters. The fourth-order valence-electron chi connectivity index (χ4n) is 2.90. The lowest BCUT2D eigenvalue weighted by molar-refractivity contribution is 0.0934. The number of aromatic nitrogens is 4. The van der Waals surface area contributed by atoms with Crippen molar-refractivity contribution in [2.24, 2.45) is 0 Å². The van der Waals surface area contributed by atoms with Gasteiger partial charge in [0, 0.05) is 11.6 Å². The molecular formula is C21H18FN5O2. The lowest BCUT2D eigenvalue weighted by atomic mass is 10.1. The number of nitrogens with zero attached hydrogens (tertiary/aromatic N) is 4. The zero-order valence-corrected chi connectivity index (χ0v) is 15.8. The van der Waals surface area contributed by atoms with E-state index in [2.05, 4.69) is 20.4 Å². The fourth-order valence-corrected chi connectivity index (χ4v) is 2.90. The van der Waals surface area contributed by atoms with Gasteiger partial charge in [0.05, 0.1) is 24.4 Å². The van der Waals surface area contributed by atoms with E-state index in [1.165, 1.54) is 22.7 Å². The topological polar surface area (TPSA) is 81.4 Å². The van der Waals surface area contributed by atoms with Crippen molar-refractivity contribution in [1.82, 2.24) is 24.9 Å². The third-order valence-corrected chi connectivity index (χ3v) is 4.49. The molecule has 7 nitrogen and oxygen atoms in total. The number of benzene rings is 2. The summed E-state index contributed by atoms with van der Waals surface area (Å²) in [6.45, 7) is 1.74. The number of amides is 1. The minimum absolute atomic E-state index is 0.0217. The van der Waals surface area contributed by atoms with E-state index in [-0.39, 0.29) is 5.56 Å². The molecule has 0 unspecified atom stereocenters. The van der Waals surface area contributed by atoms with Crippen LogP contribution in [0.25, 0.3) is 16.9 Å². The van der Waals surface area contributed by atoms with Crippen molar-refractivity contribution in [3.63, 3.8) is 0 Å². The Morgan fingerprint density at radius 3 is 2.66 bits per heavy atom. The third-order valence-electron chi connectivity index (χ3n) is 4.49. The monoisotopic (exact) mass is 391 g/mol. The highest BCUT2D eigenvalue weighted by Gasteiger charge is 2.18. The molecule has 1 amide bonds. The van der Waals surface area contributed by atoms with Gasteiger partial charge in [-0.1, -0.05) is 12.1 Å². The number of rotatable bonds is 5. The van der Waals surface area contributed by atoms with E-state index in [1.54, 1.807) is 26.4 Å². The number of carbonyl (C=O) groups excluding carboxylic acids is 1. The van der Waals surface area contributed by atoms with Crippen LogP contribution < -0.4 is 10.1 Å². The molecule has 4 aromatic rings. The normalized spacial score (nSPS) is 12.0. The quantitative estimate of drug-likeness (QED) is 0.564. The molecule has 0 aliphatic carbocycles. The molecule has 8 heteroatoms. The molecule has 29 heavy (non-hydrogen) atoms. The number of methoxy groups -OCH3 is 1. The second kappa shape index (κ2) is 7.67. The van der Waals surface area contributed by atoms with Crippen LogP contribution in [0.5, 0.6) is 5.75 Å². The van der Waals surface area contributed by atoms with Gasteiger partial charge < -0.3 is 10.1 Å². The first-order valence-electron chi connectivity index (χ1n) is 8.97. The maximum atomic E-state index is 13.8. The molecule has 0 fully saturated rings. The van der Waals surface area contributed by atoms with E-state index < -0.39 is 17.8 Å². The molecule has 0 saturated heterocycles. The zero-order chi connectivity index (χ0) is 20.4. The molecule has 0 saturated carbocycles. The Morgan fingerprint density at radius 1 is 1.17 bits per heavy atom. The van der Waals surface area contributed by atoms with Gasteiger partial charge in [0.1, 0.15) is 17.9 Å². The number of hydrogen-bond donors (Lipinski definition) is 1. The van der Waals surface area contributed by atoms with Crippen LogP contribution in [0.4, 0.5) is 4.39 Å². The summed E-state index contributed by atoms with van der Waals surface area (Å²) in [7, 11) is 1.61. The van der Waals surface area contributed by atoms with Crippen LogP contribution in [0.3, 0.4) is 0 Å². The van der Waals surface area contributed by atoms with E-state index in [4.69, 9.17) is 4.74 Å². The molecule has 0 spiro atoms. The van der Waals surface area contributed by atoms with Gasteiger partial charge in [-0.3, -0.25) is 4.79 Å². The van der Waals surface area contributed by atoms with Crippen molar-refractivity contribution >= 4 is 11.6 Å². The van der Waals surface area contributed by atoms with Gasteiger partial charge in [-0.2, -0.15) is 0 Å². The standard InChI is InChI=1S/C21H18FN5O2/c1-13(24-21(28)16-5-3-4-6-17(16)22)20-25-19-11-18(23-12-27(19)26-20)14-7-9-15(29-2)10-8-14/h3-13H,1-2H3,(H,24,28)/t13-/m1/s1. The van der Waals surface area contributed by atoms with E-state index in [9.17, 15) is 9.18 Å². The van der Waals surface area contributed by atoms with Gasteiger partial charge in [0.25, 0.3) is 5.91 Å². The van der Waals surface area contributed by atoms with Gasteiger partial charge in [0.15, 0.2) is 11.5 Å². The Hall–Kier alpha value is -3.81. The number of halogens is 1. The highest BCUT2D eigenvalue weighted by Crippen LogP contribution is 2.22. The van der Waals surface area contributed by atoms with Gasteiger partial charge in [-0.15, -0.1) is 5.10 Å². The average Bonchev–Trinajstić information content (AvgIpc) is 3.17. The summed E-state index contributed by atoms with van der Waals surface area (Å²) < 4.78 is 20.5. The third kappa shape index (κ3) is 3.77. The van der Waals surface area contributed by atoms with E-state index in [0.717, 1.165) is 17.0 Å². The largest absolute Gasteiger partial charge is 0.497 e. The number of hydrogen-bond acceptors (Lipinski definition) is 5. The smallest absolute Gasteiger partial charge is 0.254 e. The van der Waals surface area contributed by atoms with Gasteiger partial charge in [-0.25, -0.2) is 18.9 Å². The Labute approximate surface area is 166 Å². The minimum Gasteiger partial charge on any atom is -0.497 e. The molecule has 146 valence electrons. The van der Waals surface area contributed by atoms with E-state index in [0.29, 0.717) is 11.5 Å². The van der Waals surface area contributed by atoms with Crippen molar-refractivity contribution in [2.75, 3.05) is 7.11 Å². The number of fused-ring (bicyclic) bond motifs is 1. The Kier molecular flexibility index (Phi) is 4.90. The van der Waals surface area contributed by atoms with Crippen LogP contribution in [0.1, 0.15) is 29.1 Å². The van der Waals surface area contributed by atoms with Crippen molar-refractivity contribution in [3.05, 3.63) is 78.1 Å². The Bertz CT molecular complexity index is 1170. The predicted octanol–water partition coefficient (Wildman–Crippen LogP) is 3.43. The van der Waals surface area contributed by atoms with Crippen molar-refractivity contribution in [1.29, 1.82) is 0 Å². The van der Waals surface area contributed by atoms with Crippen LogP contribution in [0, 0.1) is 5.82 Å². The SMILES string of the molecule is COc1ccc(-c2cc3nc([C@@H](C)NC(=O)c4ccccc4F)nn3cn2)cc1. The van der Waals surface area contributed by atoms with Crippen LogP contribution in [-0.2, 0) is 0 Å². The molecular weight excluding hydrogens is 373 g/mol. The van der Waals surface area contributed by atoms with Crippen molar-refractivity contribution in [3.8, 4) is 17.0 Å². The summed E-state index contributed by atoms with van der Waals surface area (Å²) in [6, 6.07) is 14.7. The minimum atomic E-state index is -0.575. The van der Waals surface area contributed by atoms with E-state index >= 15 is 0 Å². The lowest BCUT2D eigenvalue weighted by Crippen LogP contribution is -2.28. The molecule has 0 radical (unpaired) electrons. The molecule has 2 heterocycles. The fraction of sp³-hybridized carbons (Fsp3) is 0.143. The summed E-state index contributed by atoms with van der Waals surface area (Å²) in [4.78, 5) is 21.2. The Morgan fingerprint density at radius 2 is 1.93 bits per heavy atom. The molecule has 2 aromatic carbocycles. The first kappa shape index (κ1) is 18.5. The summed E-state index contributed by atoms with van der Waals surface area (Å²) in [5, 5.41) is 7.08. The number of carbonyl (C=O) groups is 1. The summed E-state index contributed by atoms with van der Waals surface area (Å²) in [5.74, 6) is 0.0716. The summed E-state index contributed by atoms with van der Waals surface area (Å²) in [6.07, 6.45) is 1.57. The van der Waals surface area contributed by atoms with Crippen molar-refractivity contribution < 1.29 is 13.9 Å². The van der Waals surface area contributed by atoms with Crippen LogP contribution in [-0.4, -0.2) is 32.6 Å². The van der Waals surface area contributed by atoms with Gasteiger partial charge in [0.2, 0.25) is 0 Å². The highest BCUT2D eigenvalue weighted by atomic mass is 19.1. The van der Waals surface area contributed by atoms with Crippen LogP contribution in [0.15, 0.2) is 60.9 Å². The maximum absolute atomic E-state index is 13.8. The zero-order valence-electron chi connectivity index (χ0n) is 15.8. The van der Waals surface area contributed by atoms with Gasteiger partial charge >= 0.3 is 0 Å². The second-order valence-electron chi connectivity index (χ2n) is 6.45. The van der Waals surface area contributed by atoms with E-state index in [1.807, 2.05) is 30.3 Å². The molecule has 4 rings (SSSR count). The molecule has 1 N–H and O–H groups in total. The van der Waals surface area contributed by atoms with Crippen molar-refractivity contribution in [2.45, 2.75) is 13.0 Å². The lowest BCUT2D eigenvalue weighted by Gasteiger charge is -2.10. The van der Waals surface area contributed by atoms with Crippen LogP contribution in [0.2, 0.25) is 0 Å². The highest BCUT2D eigenvalue weighted by molar-refractivity contribution is 5.94. The second-order valence-corrected chi connectivity index (χ2v) is 6.45. The first-order valence-corrected chi connectivity index (χ1v) is 8.97. The molecule has 0 aliphatic heterocycles. The molecule has 2 aromatic heterocycles. The van der Waals surface area contributed by atoms with Gasteiger partial charge in [-0.05, 0) is 43.3 Å². The number of ether oxygens (including phenoxy) is 1. The average molecular weight is 391 g/mol. The molecule has 0 bridgehead atoms. The first-order chi connectivity index (χ1) is 14.0. The predicted molar refractivity (Wildman–Crippen MR) is 105 cm³/mol. The summed E-state index contributed by atoms with van der Waals surface area (Å²) >= 11 is 0.